The van der Waals surface area contributed by atoms with E-state index in [1.165, 1.54) is 28.9 Å². The van der Waals surface area contributed by atoms with Crippen LogP contribution in [-0.2, 0) is 0 Å². The fraction of sp³-hybridized carbons (Fsp3) is 0.588. The Hall–Kier alpha value is -0.980. The van der Waals surface area contributed by atoms with E-state index >= 15 is 0 Å². The van der Waals surface area contributed by atoms with Crippen LogP contribution in [-0.4, -0.2) is 16.8 Å². The number of nitrogens with zero attached hydrogens (tertiary/aromatic N) is 1. The fourth-order valence-corrected chi connectivity index (χ4v) is 4.47. The largest absolute Gasteiger partial charge is 0.297 e. The lowest BCUT2D eigenvalue weighted by Crippen LogP contribution is -2.43. The van der Waals surface area contributed by atoms with Gasteiger partial charge in [0.25, 0.3) is 0 Å². The molecule has 0 aliphatic heterocycles. The molecule has 2 nitrogen and oxygen atoms in total. The molecular weight excluding hydrogens is 264 g/mol. The van der Waals surface area contributed by atoms with Gasteiger partial charge in [-0.2, -0.15) is 5.26 Å². The summed E-state index contributed by atoms with van der Waals surface area (Å²) in [4.78, 5) is 1.38. The van der Waals surface area contributed by atoms with Gasteiger partial charge in [0, 0.05) is 16.2 Å². The lowest BCUT2D eigenvalue weighted by molar-refractivity contribution is 0.420. The SMILES string of the molecule is Cc1ccc(C)c(SC2CCC(C#N)(NC3CC3)C2)c1. The lowest BCUT2D eigenvalue weighted by atomic mass is 10.00. The van der Waals surface area contributed by atoms with Crippen molar-refractivity contribution in [2.24, 2.45) is 0 Å². The molecule has 20 heavy (non-hydrogen) atoms. The van der Waals surface area contributed by atoms with E-state index < -0.39 is 0 Å². The molecule has 2 aliphatic rings. The van der Waals surface area contributed by atoms with E-state index in [9.17, 15) is 5.26 Å². The summed E-state index contributed by atoms with van der Waals surface area (Å²) in [5.74, 6) is 0. The van der Waals surface area contributed by atoms with Crippen LogP contribution < -0.4 is 5.32 Å². The Morgan fingerprint density at radius 2 is 2.10 bits per heavy atom. The minimum atomic E-state index is -0.253. The van der Waals surface area contributed by atoms with Crippen molar-refractivity contribution in [2.45, 2.75) is 67.7 Å². The van der Waals surface area contributed by atoms with E-state index in [1.54, 1.807) is 0 Å². The molecule has 1 N–H and O–H groups in total. The predicted molar refractivity (Wildman–Crippen MR) is 83.9 cm³/mol. The second-order valence-corrected chi connectivity index (χ2v) is 7.71. The highest BCUT2D eigenvalue weighted by molar-refractivity contribution is 8.00. The minimum Gasteiger partial charge on any atom is -0.297 e. The van der Waals surface area contributed by atoms with Crippen molar-refractivity contribution in [3.8, 4) is 6.07 Å². The van der Waals surface area contributed by atoms with E-state index in [1.807, 2.05) is 11.8 Å². The molecule has 2 atom stereocenters. The van der Waals surface area contributed by atoms with Crippen LogP contribution in [0.15, 0.2) is 23.1 Å². The van der Waals surface area contributed by atoms with E-state index in [0.29, 0.717) is 11.3 Å². The van der Waals surface area contributed by atoms with Crippen molar-refractivity contribution in [1.82, 2.24) is 5.32 Å². The molecule has 2 fully saturated rings. The highest BCUT2D eigenvalue weighted by Gasteiger charge is 2.43. The molecule has 0 amide bonds. The maximum Gasteiger partial charge on any atom is 0.108 e. The number of aryl methyl sites for hydroxylation is 2. The highest BCUT2D eigenvalue weighted by atomic mass is 32.2. The molecule has 0 aromatic heterocycles. The first-order valence-electron chi connectivity index (χ1n) is 7.53. The average Bonchev–Trinajstić information content (AvgIpc) is 3.14. The molecule has 0 radical (unpaired) electrons. The summed E-state index contributed by atoms with van der Waals surface area (Å²) < 4.78 is 0. The van der Waals surface area contributed by atoms with Crippen molar-refractivity contribution in [1.29, 1.82) is 5.26 Å². The lowest BCUT2D eigenvalue weighted by Gasteiger charge is -2.22. The first kappa shape index (κ1) is 14.0. The van der Waals surface area contributed by atoms with E-state index in [-0.39, 0.29) is 5.54 Å². The molecule has 2 unspecified atom stereocenters. The number of hydrogen-bond donors (Lipinski definition) is 1. The number of nitrogens with one attached hydrogen (secondary N) is 1. The van der Waals surface area contributed by atoms with Gasteiger partial charge in [-0.05, 0) is 57.6 Å². The average molecular weight is 286 g/mol. The molecular formula is C17H22N2S. The van der Waals surface area contributed by atoms with Crippen molar-refractivity contribution in [3.63, 3.8) is 0 Å². The maximum atomic E-state index is 9.55. The molecule has 1 aromatic carbocycles. The quantitative estimate of drug-likeness (QED) is 0.910. The zero-order valence-electron chi connectivity index (χ0n) is 12.3. The highest BCUT2D eigenvalue weighted by Crippen LogP contribution is 2.42. The molecule has 0 spiro atoms. The number of benzene rings is 1. The van der Waals surface area contributed by atoms with Gasteiger partial charge in [0.1, 0.15) is 5.54 Å². The normalized spacial score (nSPS) is 29.4. The Balaban J connectivity index is 1.67. The number of rotatable bonds is 4. The smallest absolute Gasteiger partial charge is 0.108 e. The first-order chi connectivity index (χ1) is 9.60. The zero-order valence-corrected chi connectivity index (χ0v) is 13.1. The summed E-state index contributed by atoms with van der Waals surface area (Å²) in [5, 5.41) is 13.7. The van der Waals surface area contributed by atoms with Crippen molar-refractivity contribution >= 4 is 11.8 Å². The van der Waals surface area contributed by atoms with Crippen LogP contribution in [0.2, 0.25) is 0 Å². The van der Waals surface area contributed by atoms with Crippen molar-refractivity contribution < 1.29 is 0 Å². The van der Waals surface area contributed by atoms with Crippen LogP contribution in [0.3, 0.4) is 0 Å². The molecule has 2 saturated carbocycles. The van der Waals surface area contributed by atoms with Gasteiger partial charge in [0.05, 0.1) is 6.07 Å². The van der Waals surface area contributed by atoms with Gasteiger partial charge >= 0.3 is 0 Å². The fourth-order valence-electron chi connectivity index (χ4n) is 3.00. The number of hydrogen-bond acceptors (Lipinski definition) is 3. The Morgan fingerprint density at radius 3 is 2.80 bits per heavy atom. The molecule has 0 saturated heterocycles. The van der Waals surface area contributed by atoms with Gasteiger partial charge in [0.2, 0.25) is 0 Å². The Kier molecular flexibility index (Phi) is 3.79. The maximum absolute atomic E-state index is 9.55. The molecule has 106 valence electrons. The van der Waals surface area contributed by atoms with Gasteiger partial charge in [-0.3, -0.25) is 5.32 Å². The van der Waals surface area contributed by atoms with Crippen LogP contribution in [0.5, 0.6) is 0 Å². The van der Waals surface area contributed by atoms with Gasteiger partial charge in [-0.1, -0.05) is 17.7 Å². The third-order valence-corrected chi connectivity index (χ3v) is 5.81. The second kappa shape index (κ2) is 5.42. The minimum absolute atomic E-state index is 0.253. The Labute approximate surface area is 125 Å². The van der Waals surface area contributed by atoms with Crippen molar-refractivity contribution in [2.75, 3.05) is 0 Å². The van der Waals surface area contributed by atoms with Gasteiger partial charge in [-0.25, -0.2) is 0 Å². The molecule has 1 aromatic rings. The predicted octanol–water partition coefficient (Wildman–Crippen LogP) is 3.96. The summed E-state index contributed by atoms with van der Waals surface area (Å²) in [6.45, 7) is 4.32. The summed E-state index contributed by atoms with van der Waals surface area (Å²) in [7, 11) is 0. The monoisotopic (exact) mass is 286 g/mol. The van der Waals surface area contributed by atoms with Crippen LogP contribution in [0.25, 0.3) is 0 Å². The Morgan fingerprint density at radius 1 is 1.30 bits per heavy atom. The van der Waals surface area contributed by atoms with E-state index in [2.05, 4.69) is 43.4 Å². The van der Waals surface area contributed by atoms with Gasteiger partial charge in [0.15, 0.2) is 0 Å². The van der Waals surface area contributed by atoms with Crippen LogP contribution in [0, 0.1) is 25.2 Å². The molecule has 3 heteroatoms. The first-order valence-corrected chi connectivity index (χ1v) is 8.41. The third-order valence-electron chi connectivity index (χ3n) is 4.38. The van der Waals surface area contributed by atoms with Crippen molar-refractivity contribution in [3.05, 3.63) is 29.3 Å². The molecule has 0 heterocycles. The summed E-state index contributed by atoms with van der Waals surface area (Å²) >= 11 is 1.97. The number of thioether (sulfide) groups is 1. The summed E-state index contributed by atoms with van der Waals surface area (Å²) in [6.07, 6.45) is 5.63. The summed E-state index contributed by atoms with van der Waals surface area (Å²) in [5.41, 5.74) is 2.42. The summed E-state index contributed by atoms with van der Waals surface area (Å²) in [6, 6.07) is 9.82. The second-order valence-electron chi connectivity index (χ2n) is 6.36. The van der Waals surface area contributed by atoms with Crippen LogP contribution in [0.1, 0.15) is 43.2 Å². The number of nitriles is 1. The molecule has 2 aliphatic carbocycles. The Bertz CT molecular complexity index is 544. The van der Waals surface area contributed by atoms with Gasteiger partial charge in [-0.15, -0.1) is 11.8 Å². The van der Waals surface area contributed by atoms with E-state index in [4.69, 9.17) is 0 Å². The topological polar surface area (TPSA) is 35.8 Å². The zero-order chi connectivity index (χ0) is 14.2. The molecule has 3 rings (SSSR count). The third kappa shape index (κ3) is 3.02. The standard InChI is InChI=1S/C17H22N2S/c1-12-3-4-13(2)16(9-12)20-15-7-8-17(10-15,11-18)19-14-5-6-14/h3-4,9,14-15,19H,5-8,10H2,1-2H3. The van der Waals surface area contributed by atoms with Crippen LogP contribution >= 0.6 is 11.8 Å². The van der Waals surface area contributed by atoms with E-state index in [0.717, 1.165) is 19.3 Å². The van der Waals surface area contributed by atoms with Gasteiger partial charge < -0.3 is 0 Å². The van der Waals surface area contributed by atoms with Crippen LogP contribution in [0.4, 0.5) is 0 Å². The molecule has 0 bridgehead atoms.